The van der Waals surface area contributed by atoms with E-state index < -0.39 is 59.8 Å². The van der Waals surface area contributed by atoms with Crippen LogP contribution in [0.25, 0.3) is 0 Å². The molecule has 0 aromatic heterocycles. The highest BCUT2D eigenvalue weighted by Gasteiger charge is 2.59. The molecule has 0 spiro atoms. The van der Waals surface area contributed by atoms with Crippen LogP contribution in [0.15, 0.2) is 18.2 Å². The predicted octanol–water partition coefficient (Wildman–Crippen LogP) is -1.98. The number of hydrogen-bond acceptors (Lipinski definition) is 8. The Hall–Kier alpha value is -3.15. The third kappa shape index (κ3) is 3.18. The molecule has 174 valence electrons. The molecular formula is C22H24N4O7. The normalized spacial score (nSPS) is 35.1. The number of aliphatic hydroxyl groups is 2. The lowest BCUT2D eigenvalue weighted by atomic mass is 9.83. The van der Waals surface area contributed by atoms with Crippen LogP contribution in [0, 0.1) is 17.8 Å². The number of nitrogens with one attached hydrogen (secondary N) is 2. The van der Waals surface area contributed by atoms with E-state index in [1.54, 1.807) is 12.1 Å². The maximum absolute atomic E-state index is 13.1. The van der Waals surface area contributed by atoms with Crippen LogP contribution in [-0.2, 0) is 20.9 Å². The van der Waals surface area contributed by atoms with Crippen molar-refractivity contribution in [1.82, 2.24) is 15.5 Å². The molecule has 0 radical (unpaired) electrons. The molecule has 11 nitrogen and oxygen atoms in total. The van der Waals surface area contributed by atoms with Crippen molar-refractivity contribution in [2.75, 3.05) is 0 Å². The Morgan fingerprint density at radius 1 is 1.15 bits per heavy atom. The monoisotopic (exact) mass is 456 g/mol. The summed E-state index contributed by atoms with van der Waals surface area (Å²) in [4.78, 5) is 63.4. The van der Waals surface area contributed by atoms with E-state index in [9.17, 15) is 34.2 Å². The van der Waals surface area contributed by atoms with E-state index in [0.29, 0.717) is 12.0 Å². The number of carbonyl (C=O) groups excluding carboxylic acids is 5. The molecule has 2 aliphatic carbocycles. The van der Waals surface area contributed by atoms with Crippen LogP contribution in [0.4, 0.5) is 0 Å². The fourth-order valence-corrected chi connectivity index (χ4v) is 5.78. The highest BCUT2D eigenvalue weighted by atomic mass is 16.3. The Labute approximate surface area is 188 Å². The highest BCUT2D eigenvalue weighted by Crippen LogP contribution is 2.48. The first kappa shape index (κ1) is 21.7. The molecule has 6 N–H and O–H groups in total. The topological polar surface area (TPSA) is 179 Å². The molecule has 5 amide bonds. The van der Waals surface area contributed by atoms with Crippen LogP contribution in [0.2, 0.25) is 0 Å². The van der Waals surface area contributed by atoms with Gasteiger partial charge in [-0.05, 0) is 24.5 Å². The number of amides is 5. The van der Waals surface area contributed by atoms with Crippen molar-refractivity contribution < 1.29 is 34.2 Å². The van der Waals surface area contributed by atoms with Crippen LogP contribution in [0.3, 0.4) is 0 Å². The molecule has 4 aliphatic rings. The van der Waals surface area contributed by atoms with E-state index >= 15 is 0 Å². The average molecular weight is 456 g/mol. The lowest BCUT2D eigenvalue weighted by molar-refractivity contribution is -0.136. The van der Waals surface area contributed by atoms with Crippen molar-refractivity contribution in [3.05, 3.63) is 34.9 Å². The van der Waals surface area contributed by atoms with Crippen LogP contribution in [0.5, 0.6) is 0 Å². The van der Waals surface area contributed by atoms with Crippen molar-refractivity contribution in [2.24, 2.45) is 23.5 Å². The van der Waals surface area contributed by atoms with E-state index in [-0.39, 0.29) is 42.3 Å². The summed E-state index contributed by atoms with van der Waals surface area (Å²) in [5.41, 5.74) is 6.56. The summed E-state index contributed by atoms with van der Waals surface area (Å²) < 4.78 is 0. The summed E-state index contributed by atoms with van der Waals surface area (Å²) in [7, 11) is 0. The number of piperidine rings is 1. The molecule has 2 saturated carbocycles. The number of nitrogens with two attached hydrogens (primary N) is 1. The Morgan fingerprint density at radius 2 is 1.91 bits per heavy atom. The van der Waals surface area contributed by atoms with Gasteiger partial charge in [-0.1, -0.05) is 12.1 Å². The van der Waals surface area contributed by atoms with E-state index in [1.807, 2.05) is 0 Å². The second-order valence-corrected chi connectivity index (χ2v) is 9.15. The van der Waals surface area contributed by atoms with Crippen molar-refractivity contribution in [3.63, 3.8) is 0 Å². The number of nitrogens with zero attached hydrogens (tertiary/aromatic N) is 1. The maximum atomic E-state index is 13.1. The average Bonchev–Trinajstić information content (AvgIpc) is 3.32. The maximum Gasteiger partial charge on any atom is 0.262 e. The minimum atomic E-state index is -1.07. The minimum Gasteiger partial charge on any atom is -0.392 e. The van der Waals surface area contributed by atoms with Crippen molar-refractivity contribution in [1.29, 1.82) is 0 Å². The van der Waals surface area contributed by atoms with Crippen LogP contribution in [0.1, 0.15) is 45.5 Å². The van der Waals surface area contributed by atoms with Gasteiger partial charge in [-0.25, -0.2) is 0 Å². The van der Waals surface area contributed by atoms with Gasteiger partial charge < -0.3 is 21.3 Å². The number of carbonyl (C=O) groups is 5. The van der Waals surface area contributed by atoms with Crippen molar-refractivity contribution in [3.8, 4) is 0 Å². The molecule has 2 unspecified atom stereocenters. The summed E-state index contributed by atoms with van der Waals surface area (Å²) >= 11 is 0. The molecule has 1 aromatic carbocycles. The number of hydrogen-bond donors (Lipinski definition) is 5. The molecule has 2 heterocycles. The molecule has 33 heavy (non-hydrogen) atoms. The summed E-state index contributed by atoms with van der Waals surface area (Å²) in [6.45, 7) is -0.0453. The zero-order chi connectivity index (χ0) is 23.6. The first-order chi connectivity index (χ1) is 15.7. The predicted molar refractivity (Wildman–Crippen MR) is 110 cm³/mol. The van der Waals surface area contributed by atoms with Gasteiger partial charge in [0.15, 0.2) is 0 Å². The van der Waals surface area contributed by atoms with Gasteiger partial charge in [0.05, 0.1) is 23.3 Å². The number of rotatable bonds is 4. The van der Waals surface area contributed by atoms with Gasteiger partial charge in [0.25, 0.3) is 11.8 Å². The van der Waals surface area contributed by atoms with E-state index in [1.165, 1.54) is 6.07 Å². The molecular weight excluding hydrogens is 432 g/mol. The van der Waals surface area contributed by atoms with Gasteiger partial charge in [-0.2, -0.15) is 0 Å². The second-order valence-electron chi connectivity index (χ2n) is 9.15. The van der Waals surface area contributed by atoms with Gasteiger partial charge in [-0.15, -0.1) is 0 Å². The van der Waals surface area contributed by atoms with E-state index in [4.69, 9.17) is 5.73 Å². The molecule has 5 rings (SSSR count). The Balaban J connectivity index is 1.32. The first-order valence-corrected chi connectivity index (χ1v) is 10.9. The van der Waals surface area contributed by atoms with Crippen LogP contribution >= 0.6 is 0 Å². The zero-order valence-electron chi connectivity index (χ0n) is 17.6. The SMILES string of the molecule is N[C@@H]1[C@@H]2C[C@H](C(=O)NCc3cccc4c3C(=O)N(C3CCC(=O)NC3=O)C4=O)C([C@H]2O)[C@@H]1O. The number of imide groups is 2. The van der Waals surface area contributed by atoms with E-state index in [2.05, 4.69) is 10.6 Å². The fraction of sp³-hybridized carbons (Fsp3) is 0.500. The third-order valence-electron chi connectivity index (χ3n) is 7.45. The summed E-state index contributed by atoms with van der Waals surface area (Å²) in [5, 5.41) is 25.4. The largest absolute Gasteiger partial charge is 0.392 e. The Bertz CT molecular complexity index is 1080. The molecule has 7 atom stereocenters. The fourth-order valence-electron chi connectivity index (χ4n) is 5.78. The van der Waals surface area contributed by atoms with Crippen LogP contribution < -0.4 is 16.4 Å². The number of aliphatic hydroxyl groups excluding tert-OH is 2. The first-order valence-electron chi connectivity index (χ1n) is 10.9. The van der Waals surface area contributed by atoms with Gasteiger partial charge in [0.2, 0.25) is 17.7 Å². The van der Waals surface area contributed by atoms with E-state index in [0.717, 1.165) is 4.90 Å². The van der Waals surface area contributed by atoms with Gasteiger partial charge in [0, 0.05) is 36.8 Å². The van der Waals surface area contributed by atoms with Crippen molar-refractivity contribution >= 4 is 29.5 Å². The van der Waals surface area contributed by atoms with Gasteiger partial charge in [-0.3, -0.25) is 34.2 Å². The summed E-state index contributed by atoms with van der Waals surface area (Å²) in [6, 6.07) is 3.05. The lowest BCUT2D eigenvalue weighted by Gasteiger charge is -2.29. The Kier molecular flexibility index (Phi) is 5.07. The molecule has 1 saturated heterocycles. The molecule has 2 bridgehead atoms. The smallest absolute Gasteiger partial charge is 0.262 e. The molecule has 1 aromatic rings. The van der Waals surface area contributed by atoms with Gasteiger partial charge in [0.1, 0.15) is 6.04 Å². The Morgan fingerprint density at radius 3 is 2.58 bits per heavy atom. The molecule has 3 fully saturated rings. The summed E-state index contributed by atoms with van der Waals surface area (Å²) in [5.74, 6) is -4.37. The highest BCUT2D eigenvalue weighted by molar-refractivity contribution is 6.24. The summed E-state index contributed by atoms with van der Waals surface area (Å²) in [6.07, 6.45) is -1.36. The van der Waals surface area contributed by atoms with Crippen LogP contribution in [-0.4, -0.2) is 68.9 Å². The number of benzene rings is 1. The standard InChI is InChI=1S/C22H24N4O7/c23-16-11-6-10(15(17(11)28)18(16)29)19(30)24-7-8-2-1-3-9-14(8)22(33)26(21(9)32)12-4-5-13(27)25-20(12)31/h1-3,10-12,15-18,28-29H,4-7,23H2,(H,24,30)(H,25,27,31)/t10-,11-,12?,15?,16+,17-,18-/m0/s1. The van der Waals surface area contributed by atoms with Gasteiger partial charge >= 0.3 is 0 Å². The zero-order valence-corrected chi connectivity index (χ0v) is 17.6. The minimum absolute atomic E-state index is 0.0254. The number of fused-ring (bicyclic) bond motifs is 3. The lowest BCUT2D eigenvalue weighted by Crippen LogP contribution is -2.54. The quantitative estimate of drug-likeness (QED) is 0.323. The third-order valence-corrected chi connectivity index (χ3v) is 7.45. The second kappa shape index (κ2) is 7.72. The molecule has 2 aliphatic heterocycles. The van der Waals surface area contributed by atoms with Crippen molar-refractivity contribution in [2.45, 2.75) is 50.1 Å². The molecule has 11 heteroatoms.